The van der Waals surface area contributed by atoms with Crippen LogP contribution in [0.3, 0.4) is 0 Å². The van der Waals surface area contributed by atoms with Crippen molar-refractivity contribution in [2.75, 3.05) is 36.4 Å². The molecule has 2 aliphatic heterocycles. The zero-order valence-electron chi connectivity index (χ0n) is 25.4. The number of carbonyl (C=O) groups excluding carboxylic acids is 1. The summed E-state index contributed by atoms with van der Waals surface area (Å²) in [5.74, 6) is 0.440. The molecule has 230 valence electrons. The van der Waals surface area contributed by atoms with E-state index in [1.807, 2.05) is 30.9 Å². The normalized spacial score (nSPS) is 21.8. The van der Waals surface area contributed by atoms with Crippen molar-refractivity contribution >= 4 is 51.1 Å². The Kier molecular flexibility index (Phi) is 7.45. The average Bonchev–Trinajstić information content (AvgIpc) is 3.76. The number of nitrogens with zero attached hydrogens (tertiary/aromatic N) is 6. The first kappa shape index (κ1) is 29.0. The number of aromatic amines is 1. The Morgan fingerprint density at radius 1 is 1.09 bits per heavy atom. The third kappa shape index (κ3) is 5.07. The van der Waals surface area contributed by atoms with Crippen LogP contribution in [-0.4, -0.2) is 86.2 Å². The number of likely N-dealkylation sites (tertiary alicyclic amines) is 1. The second-order valence-corrected chi connectivity index (χ2v) is 13.0. The molecule has 2 atom stereocenters. The van der Waals surface area contributed by atoms with Crippen molar-refractivity contribution in [1.29, 1.82) is 0 Å². The zero-order valence-corrected chi connectivity index (χ0v) is 26.2. The van der Waals surface area contributed by atoms with Crippen LogP contribution in [-0.2, 0) is 4.79 Å². The number of hydrogen-bond acceptors (Lipinski definition) is 7. The molecule has 0 spiro atoms. The molecule has 0 radical (unpaired) electrons. The van der Waals surface area contributed by atoms with Crippen molar-refractivity contribution in [3.05, 3.63) is 53.5 Å². The minimum atomic E-state index is -0.485. The van der Waals surface area contributed by atoms with Gasteiger partial charge in [-0.25, -0.2) is 9.37 Å². The van der Waals surface area contributed by atoms with Gasteiger partial charge < -0.3 is 20.0 Å². The van der Waals surface area contributed by atoms with Gasteiger partial charge in [-0.3, -0.25) is 9.89 Å². The van der Waals surface area contributed by atoms with Crippen LogP contribution in [0.15, 0.2) is 37.1 Å². The number of halogens is 2. The van der Waals surface area contributed by atoms with Crippen LogP contribution in [0.4, 0.5) is 16.2 Å². The number of fused-ring (bicyclic) bond motifs is 2. The van der Waals surface area contributed by atoms with Crippen molar-refractivity contribution in [3.8, 4) is 11.1 Å². The van der Waals surface area contributed by atoms with Gasteiger partial charge in [0.15, 0.2) is 5.82 Å². The monoisotopic (exact) mass is 616 g/mol. The Balaban J connectivity index is 1.34. The average molecular weight is 617 g/mol. The summed E-state index contributed by atoms with van der Waals surface area (Å²) >= 11 is 6.95. The fourth-order valence-electron chi connectivity index (χ4n) is 7.03. The third-order valence-corrected chi connectivity index (χ3v) is 9.89. The van der Waals surface area contributed by atoms with Crippen LogP contribution >= 0.6 is 11.6 Å². The lowest BCUT2D eigenvalue weighted by atomic mass is 9.95. The van der Waals surface area contributed by atoms with Crippen LogP contribution in [0, 0.1) is 12.7 Å². The second kappa shape index (κ2) is 11.3. The van der Waals surface area contributed by atoms with E-state index in [0.29, 0.717) is 41.4 Å². The molecule has 0 bridgehead atoms. The van der Waals surface area contributed by atoms with E-state index >= 15 is 4.39 Å². The van der Waals surface area contributed by atoms with E-state index in [-0.39, 0.29) is 34.6 Å². The molecular formula is C33H38ClFN8O. The highest BCUT2D eigenvalue weighted by molar-refractivity contribution is 6.35. The number of aromatic nitrogens is 4. The Labute approximate surface area is 261 Å². The van der Waals surface area contributed by atoms with Crippen LogP contribution in [0.25, 0.3) is 32.9 Å². The topological polar surface area (TPSA) is 93.3 Å². The first-order valence-corrected chi connectivity index (χ1v) is 15.9. The fraction of sp³-hybridized carbons (Fsp3) is 0.455. The standard InChI is InChI=1S/C33H38ClFN8O/c1-5-27(44)42-16-20(4)43(17-19(42)3)32-23-14-25(34)29(28-18(2)6-9-26-24(28)15-36-40-26)30(35)31(23)38-33(39-32)37-21-10-12-41(13-11-21)22-7-8-22/h5-6,9,14-15,19-22H,1,7-8,10-13,16-17H2,2-4H3,(H,36,40)(H,37,38,39)/t19-,20+/m1/s1. The molecule has 0 unspecified atom stereocenters. The van der Waals surface area contributed by atoms with Gasteiger partial charge in [0.1, 0.15) is 11.3 Å². The molecule has 1 amide bonds. The number of amides is 1. The number of anilines is 2. The number of aryl methyl sites for hydroxylation is 1. The molecule has 4 aromatic rings. The molecule has 9 nitrogen and oxygen atoms in total. The predicted molar refractivity (Wildman–Crippen MR) is 174 cm³/mol. The Hall–Kier alpha value is -3.76. The molecule has 4 heterocycles. The predicted octanol–water partition coefficient (Wildman–Crippen LogP) is 5.92. The molecule has 3 fully saturated rings. The number of piperazine rings is 1. The molecule has 3 aliphatic rings. The number of benzene rings is 2. The molecule has 11 heteroatoms. The smallest absolute Gasteiger partial charge is 0.246 e. The zero-order chi connectivity index (χ0) is 30.7. The number of nitrogens with one attached hydrogen (secondary N) is 2. The summed E-state index contributed by atoms with van der Waals surface area (Å²) in [5.41, 5.74) is 2.91. The molecule has 44 heavy (non-hydrogen) atoms. The van der Waals surface area contributed by atoms with Crippen molar-refractivity contribution in [2.45, 2.75) is 70.6 Å². The van der Waals surface area contributed by atoms with E-state index in [4.69, 9.17) is 21.6 Å². The highest BCUT2D eigenvalue weighted by atomic mass is 35.5. The fourth-order valence-corrected chi connectivity index (χ4v) is 7.31. The van der Waals surface area contributed by atoms with Crippen molar-refractivity contribution in [1.82, 2.24) is 30.0 Å². The van der Waals surface area contributed by atoms with Gasteiger partial charge in [-0.15, -0.1) is 0 Å². The molecule has 2 aromatic heterocycles. The number of rotatable bonds is 6. The van der Waals surface area contributed by atoms with Crippen molar-refractivity contribution in [2.24, 2.45) is 0 Å². The molecule has 1 aliphatic carbocycles. The molecule has 2 saturated heterocycles. The minimum Gasteiger partial charge on any atom is -0.351 e. The first-order chi connectivity index (χ1) is 21.2. The summed E-state index contributed by atoms with van der Waals surface area (Å²) in [7, 11) is 0. The highest BCUT2D eigenvalue weighted by Gasteiger charge is 2.35. The lowest BCUT2D eigenvalue weighted by molar-refractivity contribution is -0.128. The summed E-state index contributed by atoms with van der Waals surface area (Å²) in [6, 6.07) is 6.44. The van der Waals surface area contributed by atoms with E-state index in [0.717, 1.165) is 48.4 Å². The van der Waals surface area contributed by atoms with Gasteiger partial charge in [-0.05, 0) is 70.2 Å². The lowest BCUT2D eigenvalue weighted by Crippen LogP contribution is -2.58. The number of piperidine rings is 1. The van der Waals surface area contributed by atoms with Crippen molar-refractivity contribution in [3.63, 3.8) is 0 Å². The summed E-state index contributed by atoms with van der Waals surface area (Å²) in [6.45, 7) is 12.8. The molecule has 2 aromatic carbocycles. The molecule has 7 rings (SSSR count). The van der Waals surface area contributed by atoms with Gasteiger partial charge in [0.25, 0.3) is 0 Å². The maximum absolute atomic E-state index is 16.9. The van der Waals surface area contributed by atoms with Gasteiger partial charge >= 0.3 is 0 Å². The van der Waals surface area contributed by atoms with Crippen LogP contribution < -0.4 is 10.2 Å². The SMILES string of the molecule is C=CC(=O)N1C[C@H](C)N(c2nc(NC3CCN(C4CC4)CC3)nc3c(F)c(-c4c(C)ccc5[nH]ncc45)c(Cl)cc23)C[C@H]1C. The third-order valence-electron chi connectivity index (χ3n) is 9.59. The highest BCUT2D eigenvalue weighted by Crippen LogP contribution is 2.43. The first-order valence-electron chi connectivity index (χ1n) is 15.6. The summed E-state index contributed by atoms with van der Waals surface area (Å²) in [5, 5.41) is 12.4. The lowest BCUT2D eigenvalue weighted by Gasteiger charge is -2.44. The van der Waals surface area contributed by atoms with Gasteiger partial charge in [-0.1, -0.05) is 24.2 Å². The van der Waals surface area contributed by atoms with E-state index in [1.165, 1.54) is 18.9 Å². The minimum absolute atomic E-state index is 0.0775. The van der Waals surface area contributed by atoms with Gasteiger partial charge in [0.2, 0.25) is 11.9 Å². The van der Waals surface area contributed by atoms with Gasteiger partial charge in [-0.2, -0.15) is 10.1 Å². The Morgan fingerprint density at radius 3 is 2.59 bits per heavy atom. The number of carbonyl (C=O) groups is 1. The van der Waals surface area contributed by atoms with Gasteiger partial charge in [0, 0.05) is 72.2 Å². The quantitative estimate of drug-likeness (QED) is 0.260. The van der Waals surface area contributed by atoms with E-state index < -0.39 is 5.82 Å². The number of H-pyrrole nitrogens is 1. The maximum Gasteiger partial charge on any atom is 0.246 e. The van der Waals surface area contributed by atoms with Crippen LogP contribution in [0.2, 0.25) is 5.02 Å². The maximum atomic E-state index is 16.9. The van der Waals surface area contributed by atoms with E-state index in [2.05, 4.69) is 38.8 Å². The second-order valence-electron chi connectivity index (χ2n) is 12.6. The van der Waals surface area contributed by atoms with Crippen molar-refractivity contribution < 1.29 is 9.18 Å². The Morgan fingerprint density at radius 2 is 1.86 bits per heavy atom. The molecular weight excluding hydrogens is 579 g/mol. The van der Waals surface area contributed by atoms with E-state index in [1.54, 1.807) is 12.3 Å². The molecule has 1 saturated carbocycles. The largest absolute Gasteiger partial charge is 0.351 e. The summed E-state index contributed by atoms with van der Waals surface area (Å²) < 4.78 is 16.9. The van der Waals surface area contributed by atoms with Gasteiger partial charge in [0.05, 0.1) is 16.7 Å². The summed E-state index contributed by atoms with van der Waals surface area (Å²) in [6.07, 6.45) is 7.63. The van der Waals surface area contributed by atoms with E-state index in [9.17, 15) is 4.79 Å². The van der Waals surface area contributed by atoms with Crippen LogP contribution in [0.5, 0.6) is 0 Å². The Bertz CT molecular complexity index is 1760. The summed E-state index contributed by atoms with van der Waals surface area (Å²) in [4.78, 5) is 29.0. The van der Waals surface area contributed by atoms with Crippen LogP contribution in [0.1, 0.15) is 45.1 Å². The molecule has 2 N–H and O–H groups in total. The number of hydrogen-bond donors (Lipinski definition) is 2.